The quantitative estimate of drug-likeness (QED) is 0.689. The maximum Gasteiger partial charge on any atom is 0.170 e. The number of allylic oxidation sites excluding steroid dienone is 1. The Balaban J connectivity index is 1.63. The van der Waals surface area contributed by atoms with Crippen LogP contribution in [-0.2, 0) is 0 Å². The molecule has 0 saturated carbocycles. The second kappa shape index (κ2) is 7.21. The Morgan fingerprint density at radius 2 is 2.00 bits per heavy atom. The SMILES string of the molecule is N=CC(=CN)c1cnc2nc(-c3ccc(N4CCCCC4)nc3)sc2c1. The van der Waals surface area contributed by atoms with Crippen molar-refractivity contribution in [3.05, 3.63) is 42.4 Å². The fraction of sp³-hybridized carbons (Fsp3) is 0.263. The van der Waals surface area contributed by atoms with Gasteiger partial charge in [0, 0.05) is 54.6 Å². The van der Waals surface area contributed by atoms with Gasteiger partial charge in [-0.3, -0.25) is 0 Å². The van der Waals surface area contributed by atoms with Gasteiger partial charge in [-0.15, -0.1) is 11.3 Å². The Bertz CT molecular complexity index is 954. The minimum atomic E-state index is 0.641. The predicted molar refractivity (Wildman–Crippen MR) is 108 cm³/mol. The third-order valence-corrected chi connectivity index (χ3v) is 5.63. The number of nitrogens with zero attached hydrogens (tertiary/aromatic N) is 4. The Morgan fingerprint density at radius 3 is 2.69 bits per heavy atom. The Morgan fingerprint density at radius 1 is 1.15 bits per heavy atom. The Hall–Kier alpha value is -2.80. The van der Waals surface area contributed by atoms with Crippen LogP contribution in [0.15, 0.2) is 36.8 Å². The van der Waals surface area contributed by atoms with Gasteiger partial charge in [-0.1, -0.05) is 0 Å². The molecule has 6 nitrogen and oxygen atoms in total. The van der Waals surface area contributed by atoms with Gasteiger partial charge in [0.2, 0.25) is 0 Å². The largest absolute Gasteiger partial charge is 0.404 e. The van der Waals surface area contributed by atoms with E-state index in [0.717, 1.165) is 39.7 Å². The maximum atomic E-state index is 7.42. The molecular formula is C19H20N6S. The standard InChI is InChI=1S/C19H20N6S/c20-9-15(10-21)14-8-16-18(23-12-14)24-19(26-16)13-4-5-17(22-11-13)25-6-2-1-3-7-25/h4-5,8-12,20H,1-3,6-7,21H2. The molecule has 3 aromatic heterocycles. The van der Waals surface area contributed by atoms with Crippen LogP contribution >= 0.6 is 11.3 Å². The van der Waals surface area contributed by atoms with Crippen molar-refractivity contribution >= 4 is 39.3 Å². The van der Waals surface area contributed by atoms with E-state index in [-0.39, 0.29) is 0 Å². The zero-order chi connectivity index (χ0) is 17.9. The topological polar surface area (TPSA) is 91.8 Å². The van der Waals surface area contributed by atoms with Crippen LogP contribution in [0.2, 0.25) is 0 Å². The van der Waals surface area contributed by atoms with Gasteiger partial charge in [-0.2, -0.15) is 0 Å². The minimum Gasteiger partial charge on any atom is -0.404 e. The number of thiazole rings is 1. The summed E-state index contributed by atoms with van der Waals surface area (Å²) in [6.45, 7) is 2.17. The first-order chi connectivity index (χ1) is 12.8. The van der Waals surface area contributed by atoms with E-state index in [9.17, 15) is 0 Å². The van der Waals surface area contributed by atoms with E-state index >= 15 is 0 Å². The van der Waals surface area contributed by atoms with Crippen LogP contribution in [0.4, 0.5) is 5.82 Å². The van der Waals surface area contributed by atoms with Gasteiger partial charge in [0.1, 0.15) is 10.8 Å². The van der Waals surface area contributed by atoms with Crippen molar-refractivity contribution in [2.24, 2.45) is 5.73 Å². The van der Waals surface area contributed by atoms with Crippen LogP contribution in [0, 0.1) is 5.41 Å². The number of fused-ring (bicyclic) bond motifs is 1. The van der Waals surface area contributed by atoms with Crippen LogP contribution in [0.1, 0.15) is 24.8 Å². The summed E-state index contributed by atoms with van der Waals surface area (Å²) in [6, 6.07) is 6.14. The molecule has 0 atom stereocenters. The summed E-state index contributed by atoms with van der Waals surface area (Å²) in [4.78, 5) is 16.0. The second-order valence-corrected chi connectivity index (χ2v) is 7.31. The lowest BCUT2D eigenvalue weighted by atomic mass is 10.1. The fourth-order valence-corrected chi connectivity index (χ4v) is 4.11. The summed E-state index contributed by atoms with van der Waals surface area (Å²) < 4.78 is 0.971. The fourth-order valence-electron chi connectivity index (χ4n) is 3.15. The third kappa shape index (κ3) is 3.17. The van der Waals surface area contributed by atoms with Crippen LogP contribution in [0.3, 0.4) is 0 Å². The summed E-state index contributed by atoms with van der Waals surface area (Å²) >= 11 is 1.57. The van der Waals surface area contributed by atoms with Gasteiger partial charge >= 0.3 is 0 Å². The Labute approximate surface area is 155 Å². The van der Waals surface area contributed by atoms with Crippen molar-refractivity contribution in [3.8, 4) is 10.6 Å². The van der Waals surface area contributed by atoms with E-state index in [2.05, 4.69) is 32.0 Å². The smallest absolute Gasteiger partial charge is 0.170 e. The first-order valence-electron chi connectivity index (χ1n) is 8.69. The molecule has 0 bridgehead atoms. The molecule has 0 amide bonds. The third-order valence-electron chi connectivity index (χ3n) is 4.59. The molecule has 3 aromatic rings. The predicted octanol–water partition coefficient (Wildman–Crippen LogP) is 3.69. The maximum absolute atomic E-state index is 7.42. The van der Waals surface area contributed by atoms with E-state index in [1.54, 1.807) is 17.5 Å². The summed E-state index contributed by atoms with van der Waals surface area (Å²) in [5, 5.41) is 8.32. The van der Waals surface area contributed by atoms with Crippen molar-refractivity contribution in [1.29, 1.82) is 5.41 Å². The molecule has 26 heavy (non-hydrogen) atoms. The molecule has 7 heteroatoms. The molecule has 1 aliphatic rings. The van der Waals surface area contributed by atoms with E-state index in [1.807, 2.05) is 12.3 Å². The lowest BCUT2D eigenvalue weighted by Gasteiger charge is -2.27. The minimum absolute atomic E-state index is 0.641. The van der Waals surface area contributed by atoms with Crippen molar-refractivity contribution in [3.63, 3.8) is 0 Å². The lowest BCUT2D eigenvalue weighted by Crippen LogP contribution is -2.29. The van der Waals surface area contributed by atoms with Gasteiger partial charge in [0.05, 0.1) is 4.70 Å². The highest BCUT2D eigenvalue weighted by Crippen LogP contribution is 2.31. The summed E-state index contributed by atoms with van der Waals surface area (Å²) in [7, 11) is 0. The average molecular weight is 364 g/mol. The van der Waals surface area contributed by atoms with E-state index in [4.69, 9.17) is 11.1 Å². The average Bonchev–Trinajstić information content (AvgIpc) is 3.13. The molecule has 0 aromatic carbocycles. The molecule has 0 spiro atoms. The number of nitrogens with one attached hydrogen (secondary N) is 1. The van der Waals surface area contributed by atoms with Crippen LogP contribution in [0.25, 0.3) is 26.5 Å². The number of anilines is 1. The summed E-state index contributed by atoms with van der Waals surface area (Å²) in [6.07, 6.45) is 10.0. The normalized spacial score (nSPS) is 15.4. The molecule has 0 unspecified atom stereocenters. The number of aromatic nitrogens is 3. The Kier molecular flexibility index (Phi) is 4.62. The highest BCUT2D eigenvalue weighted by molar-refractivity contribution is 7.21. The van der Waals surface area contributed by atoms with E-state index < -0.39 is 0 Å². The molecule has 3 N–H and O–H groups in total. The van der Waals surface area contributed by atoms with Crippen LogP contribution in [-0.4, -0.2) is 34.3 Å². The van der Waals surface area contributed by atoms with Gasteiger partial charge in [-0.25, -0.2) is 15.0 Å². The molecule has 4 heterocycles. The second-order valence-electron chi connectivity index (χ2n) is 6.28. The highest BCUT2D eigenvalue weighted by Gasteiger charge is 2.13. The zero-order valence-electron chi connectivity index (χ0n) is 14.4. The zero-order valence-corrected chi connectivity index (χ0v) is 15.2. The van der Waals surface area contributed by atoms with Crippen molar-refractivity contribution < 1.29 is 0 Å². The van der Waals surface area contributed by atoms with Gasteiger partial charge in [0.15, 0.2) is 5.65 Å². The molecule has 1 fully saturated rings. The number of hydrogen-bond acceptors (Lipinski definition) is 7. The molecular weight excluding hydrogens is 344 g/mol. The van der Waals surface area contributed by atoms with Crippen molar-refractivity contribution in [2.45, 2.75) is 19.3 Å². The number of pyridine rings is 2. The lowest BCUT2D eigenvalue weighted by molar-refractivity contribution is 0.573. The first kappa shape index (κ1) is 16.7. The van der Waals surface area contributed by atoms with Gasteiger partial charge in [-0.05, 0) is 37.5 Å². The summed E-state index contributed by atoms with van der Waals surface area (Å²) in [5.74, 6) is 1.04. The van der Waals surface area contributed by atoms with Crippen LogP contribution in [0.5, 0.6) is 0 Å². The number of hydrogen-bond donors (Lipinski definition) is 2. The molecule has 4 rings (SSSR count). The van der Waals surface area contributed by atoms with E-state index in [0.29, 0.717) is 11.2 Å². The molecule has 0 aliphatic carbocycles. The van der Waals surface area contributed by atoms with E-state index in [1.165, 1.54) is 31.7 Å². The number of nitrogens with two attached hydrogens (primary N) is 1. The molecule has 132 valence electrons. The number of piperidine rings is 1. The van der Waals surface area contributed by atoms with Crippen molar-refractivity contribution in [2.75, 3.05) is 18.0 Å². The highest BCUT2D eigenvalue weighted by atomic mass is 32.1. The molecule has 0 radical (unpaired) electrons. The summed E-state index contributed by atoms with van der Waals surface area (Å²) in [5.41, 5.74) is 8.73. The molecule has 1 aliphatic heterocycles. The number of rotatable bonds is 4. The first-order valence-corrected chi connectivity index (χ1v) is 9.51. The van der Waals surface area contributed by atoms with Gasteiger partial charge < -0.3 is 16.0 Å². The van der Waals surface area contributed by atoms with Crippen molar-refractivity contribution in [1.82, 2.24) is 15.0 Å². The van der Waals surface area contributed by atoms with Crippen LogP contribution < -0.4 is 10.6 Å². The monoisotopic (exact) mass is 364 g/mol. The molecule has 1 saturated heterocycles. The van der Waals surface area contributed by atoms with Gasteiger partial charge in [0.25, 0.3) is 0 Å².